The molecule has 0 radical (unpaired) electrons. The zero-order valence-corrected chi connectivity index (χ0v) is 10.2. The quantitative estimate of drug-likeness (QED) is 0.423. The molecule has 0 saturated heterocycles. The van der Waals surface area contributed by atoms with Crippen molar-refractivity contribution in [2.75, 3.05) is 4.43 Å². The van der Waals surface area contributed by atoms with Crippen molar-refractivity contribution in [1.82, 2.24) is 0 Å². The van der Waals surface area contributed by atoms with Gasteiger partial charge in [0, 0.05) is 12.8 Å². The molecule has 0 amide bonds. The molecule has 1 aliphatic rings. The Balaban J connectivity index is 2.17. The third kappa shape index (κ3) is 3.37. The largest absolute Gasteiger partial charge is 0.457 e. The molecule has 0 unspecified atom stereocenters. The molecule has 0 N–H and O–H groups in total. The minimum Gasteiger partial charge on any atom is -0.457 e. The molecule has 0 saturated carbocycles. The van der Waals surface area contributed by atoms with Gasteiger partial charge in [-0.3, -0.25) is 0 Å². The fourth-order valence-electron chi connectivity index (χ4n) is 1.46. The Morgan fingerprint density at radius 2 is 1.85 bits per heavy atom. The summed E-state index contributed by atoms with van der Waals surface area (Å²) in [4.78, 5) is 0. The first-order chi connectivity index (χ1) is 6.33. The predicted molar refractivity (Wildman–Crippen MR) is 61.7 cm³/mol. The SMILES string of the molecule is CCC1(CCCCCI)OC=CO1. The highest BCUT2D eigenvalue weighted by Crippen LogP contribution is 2.29. The lowest BCUT2D eigenvalue weighted by molar-refractivity contribution is -0.149. The highest BCUT2D eigenvalue weighted by Gasteiger charge is 2.32. The standard InChI is InChI=1S/C10H17IO2/c1-2-10(12-8-9-13-10)6-4-3-5-7-11/h8-9H,2-7H2,1H3. The summed E-state index contributed by atoms with van der Waals surface area (Å²) in [5, 5.41) is 0. The summed E-state index contributed by atoms with van der Waals surface area (Å²) in [5.41, 5.74) is 0. The van der Waals surface area contributed by atoms with E-state index in [0.717, 1.165) is 12.8 Å². The van der Waals surface area contributed by atoms with Crippen LogP contribution in [0.5, 0.6) is 0 Å². The average Bonchev–Trinajstić information content (AvgIpc) is 2.62. The van der Waals surface area contributed by atoms with Crippen molar-refractivity contribution < 1.29 is 9.47 Å². The molecule has 0 aromatic carbocycles. The summed E-state index contributed by atoms with van der Waals surface area (Å²) in [6.45, 7) is 2.10. The fourth-order valence-corrected chi connectivity index (χ4v) is 2.00. The van der Waals surface area contributed by atoms with E-state index in [1.807, 2.05) is 0 Å². The maximum absolute atomic E-state index is 5.47. The Kier molecular flexibility index (Phi) is 4.91. The van der Waals surface area contributed by atoms with Gasteiger partial charge in [0.25, 0.3) is 0 Å². The molecule has 0 bridgehead atoms. The van der Waals surface area contributed by atoms with Gasteiger partial charge in [-0.1, -0.05) is 35.9 Å². The second-order valence-electron chi connectivity index (χ2n) is 3.27. The van der Waals surface area contributed by atoms with Crippen LogP contribution in [0.25, 0.3) is 0 Å². The van der Waals surface area contributed by atoms with Gasteiger partial charge in [0.15, 0.2) is 0 Å². The topological polar surface area (TPSA) is 18.5 Å². The minimum absolute atomic E-state index is 0.328. The molecule has 0 fully saturated rings. The monoisotopic (exact) mass is 296 g/mol. The molecule has 0 atom stereocenters. The Morgan fingerprint density at radius 1 is 1.15 bits per heavy atom. The summed E-state index contributed by atoms with van der Waals surface area (Å²) in [5.74, 6) is -0.328. The van der Waals surface area contributed by atoms with Gasteiger partial charge in [-0.05, 0) is 17.3 Å². The van der Waals surface area contributed by atoms with Crippen LogP contribution in [0, 0.1) is 0 Å². The maximum atomic E-state index is 5.47. The van der Waals surface area contributed by atoms with Crippen molar-refractivity contribution in [3.63, 3.8) is 0 Å². The van der Waals surface area contributed by atoms with Gasteiger partial charge in [0.05, 0.1) is 0 Å². The van der Waals surface area contributed by atoms with Crippen LogP contribution >= 0.6 is 22.6 Å². The van der Waals surface area contributed by atoms with Crippen molar-refractivity contribution in [2.24, 2.45) is 0 Å². The van der Waals surface area contributed by atoms with Gasteiger partial charge in [-0.25, -0.2) is 0 Å². The zero-order chi connectivity index (χ0) is 9.57. The maximum Gasteiger partial charge on any atom is 0.249 e. The second kappa shape index (κ2) is 5.73. The summed E-state index contributed by atoms with van der Waals surface area (Å²) in [6.07, 6.45) is 9.00. The molecule has 0 spiro atoms. The first-order valence-corrected chi connectivity index (χ1v) is 6.42. The van der Waals surface area contributed by atoms with E-state index in [2.05, 4.69) is 29.5 Å². The molecule has 13 heavy (non-hydrogen) atoms. The molecule has 0 aromatic rings. The molecule has 3 heteroatoms. The van der Waals surface area contributed by atoms with Crippen LogP contribution in [-0.2, 0) is 9.47 Å². The van der Waals surface area contributed by atoms with Crippen molar-refractivity contribution >= 4 is 22.6 Å². The average molecular weight is 296 g/mol. The van der Waals surface area contributed by atoms with Crippen LogP contribution < -0.4 is 0 Å². The van der Waals surface area contributed by atoms with Crippen LogP contribution in [0.1, 0.15) is 39.0 Å². The second-order valence-corrected chi connectivity index (χ2v) is 4.35. The van der Waals surface area contributed by atoms with Crippen molar-refractivity contribution in [2.45, 2.75) is 44.8 Å². The number of halogens is 1. The van der Waals surface area contributed by atoms with Crippen LogP contribution in [0.3, 0.4) is 0 Å². The summed E-state index contributed by atoms with van der Waals surface area (Å²) >= 11 is 2.41. The lowest BCUT2D eigenvalue weighted by atomic mass is 10.1. The van der Waals surface area contributed by atoms with E-state index in [9.17, 15) is 0 Å². The first kappa shape index (κ1) is 11.1. The van der Waals surface area contributed by atoms with Gasteiger partial charge in [0.1, 0.15) is 12.5 Å². The molecule has 2 nitrogen and oxygen atoms in total. The molecule has 1 rings (SSSR count). The third-order valence-electron chi connectivity index (χ3n) is 2.35. The van der Waals surface area contributed by atoms with E-state index < -0.39 is 0 Å². The number of hydrogen-bond donors (Lipinski definition) is 0. The normalized spacial score (nSPS) is 18.3. The molecule has 76 valence electrons. The van der Waals surface area contributed by atoms with E-state index in [1.54, 1.807) is 12.5 Å². The predicted octanol–water partition coefficient (Wildman–Crippen LogP) is 3.61. The van der Waals surface area contributed by atoms with Gasteiger partial charge < -0.3 is 9.47 Å². The molecular weight excluding hydrogens is 279 g/mol. The molecule has 0 aliphatic carbocycles. The Bertz CT molecular complexity index is 160. The van der Waals surface area contributed by atoms with Gasteiger partial charge in [0.2, 0.25) is 5.79 Å². The summed E-state index contributed by atoms with van der Waals surface area (Å²) in [6, 6.07) is 0. The number of ether oxygens (including phenoxy) is 2. The lowest BCUT2D eigenvalue weighted by Crippen LogP contribution is -2.28. The lowest BCUT2D eigenvalue weighted by Gasteiger charge is -2.26. The fraction of sp³-hybridized carbons (Fsp3) is 0.800. The Morgan fingerprint density at radius 3 is 2.38 bits per heavy atom. The highest BCUT2D eigenvalue weighted by molar-refractivity contribution is 14.1. The number of unbranched alkanes of at least 4 members (excludes halogenated alkanes) is 2. The first-order valence-electron chi connectivity index (χ1n) is 4.89. The van der Waals surface area contributed by atoms with E-state index in [1.165, 1.54) is 23.7 Å². The van der Waals surface area contributed by atoms with Crippen molar-refractivity contribution in [1.29, 1.82) is 0 Å². The smallest absolute Gasteiger partial charge is 0.249 e. The minimum atomic E-state index is -0.328. The van der Waals surface area contributed by atoms with Crippen LogP contribution in [0.15, 0.2) is 12.5 Å². The molecule has 1 aliphatic heterocycles. The molecule has 0 aromatic heterocycles. The van der Waals surface area contributed by atoms with Crippen LogP contribution in [-0.4, -0.2) is 10.2 Å². The van der Waals surface area contributed by atoms with Gasteiger partial charge in [-0.2, -0.15) is 0 Å². The van der Waals surface area contributed by atoms with Crippen LogP contribution in [0.4, 0.5) is 0 Å². The van der Waals surface area contributed by atoms with Gasteiger partial charge in [-0.15, -0.1) is 0 Å². The third-order valence-corrected chi connectivity index (χ3v) is 3.11. The summed E-state index contributed by atoms with van der Waals surface area (Å²) in [7, 11) is 0. The van der Waals surface area contributed by atoms with Crippen molar-refractivity contribution in [3.8, 4) is 0 Å². The van der Waals surface area contributed by atoms with E-state index >= 15 is 0 Å². The molecule has 1 heterocycles. The molecular formula is C10H17IO2. The summed E-state index contributed by atoms with van der Waals surface area (Å²) < 4.78 is 12.2. The highest BCUT2D eigenvalue weighted by atomic mass is 127. The zero-order valence-electron chi connectivity index (χ0n) is 8.09. The Labute approximate surface area is 93.8 Å². The van der Waals surface area contributed by atoms with E-state index in [0.29, 0.717) is 0 Å². The van der Waals surface area contributed by atoms with E-state index in [-0.39, 0.29) is 5.79 Å². The van der Waals surface area contributed by atoms with Crippen LogP contribution in [0.2, 0.25) is 0 Å². The van der Waals surface area contributed by atoms with Crippen molar-refractivity contribution in [3.05, 3.63) is 12.5 Å². The number of rotatable bonds is 6. The van der Waals surface area contributed by atoms with Gasteiger partial charge >= 0.3 is 0 Å². The number of hydrogen-bond acceptors (Lipinski definition) is 2. The number of alkyl halides is 1. The Hall–Kier alpha value is 0.0700. The van der Waals surface area contributed by atoms with E-state index in [4.69, 9.17) is 9.47 Å².